The molecule has 2 nitrogen and oxygen atoms in total. The summed E-state index contributed by atoms with van der Waals surface area (Å²) in [6.45, 7) is 2.75. The quantitative estimate of drug-likeness (QED) is 0.733. The molecule has 0 spiro atoms. The normalized spacial score (nSPS) is 10.2. The maximum atomic E-state index is 11.5. The van der Waals surface area contributed by atoms with E-state index in [0.29, 0.717) is 13.0 Å². The van der Waals surface area contributed by atoms with Crippen molar-refractivity contribution in [3.05, 3.63) is 34.9 Å². The predicted molar refractivity (Wildman–Crippen MR) is 72.1 cm³/mol. The number of hydrogen-bond donors (Lipinski definition) is 1. The highest BCUT2D eigenvalue weighted by Gasteiger charge is 2.00. The number of halogens is 1. The van der Waals surface area contributed by atoms with Gasteiger partial charge in [0.2, 0.25) is 5.91 Å². The Bertz CT molecular complexity index is 335. The first kappa shape index (κ1) is 14.0. The van der Waals surface area contributed by atoms with Crippen LogP contribution in [-0.4, -0.2) is 5.91 Å². The van der Waals surface area contributed by atoms with Crippen LogP contribution in [-0.2, 0) is 11.3 Å². The fourth-order valence-electron chi connectivity index (χ4n) is 1.60. The van der Waals surface area contributed by atoms with Crippen molar-refractivity contribution in [2.24, 2.45) is 0 Å². The molecule has 1 aromatic carbocycles. The number of hydrogen-bond acceptors (Lipinski definition) is 1. The number of rotatable bonds is 7. The topological polar surface area (TPSA) is 29.1 Å². The highest BCUT2D eigenvalue weighted by molar-refractivity contribution is 6.30. The fourth-order valence-corrected chi connectivity index (χ4v) is 1.73. The summed E-state index contributed by atoms with van der Waals surface area (Å²) in [5, 5.41) is 3.64. The number of amides is 1. The Morgan fingerprint density at radius 3 is 2.53 bits per heavy atom. The molecule has 0 heterocycles. The van der Waals surface area contributed by atoms with Crippen LogP contribution in [0.3, 0.4) is 0 Å². The second-order valence-electron chi connectivity index (χ2n) is 4.21. The van der Waals surface area contributed by atoms with E-state index in [4.69, 9.17) is 11.6 Å². The zero-order chi connectivity index (χ0) is 12.5. The van der Waals surface area contributed by atoms with E-state index in [1.54, 1.807) is 0 Å². The summed E-state index contributed by atoms with van der Waals surface area (Å²) in [6.07, 6.45) is 5.18. The molecule has 0 saturated heterocycles. The summed E-state index contributed by atoms with van der Waals surface area (Å²) in [7, 11) is 0. The number of carbonyl (C=O) groups excluding carboxylic acids is 1. The molecule has 1 N–H and O–H groups in total. The van der Waals surface area contributed by atoms with Gasteiger partial charge in [0.05, 0.1) is 0 Å². The second kappa shape index (κ2) is 8.13. The molecule has 0 atom stereocenters. The Morgan fingerprint density at radius 1 is 1.18 bits per heavy atom. The Labute approximate surface area is 108 Å². The first-order valence-electron chi connectivity index (χ1n) is 6.23. The molecule has 1 aromatic rings. The van der Waals surface area contributed by atoms with E-state index >= 15 is 0 Å². The molecule has 0 radical (unpaired) electrons. The average Bonchev–Trinajstić information content (AvgIpc) is 2.34. The largest absolute Gasteiger partial charge is 0.352 e. The van der Waals surface area contributed by atoms with Crippen molar-refractivity contribution in [1.29, 1.82) is 0 Å². The molecule has 0 aliphatic carbocycles. The standard InChI is InChI=1S/C14H20ClNO/c1-2-3-4-5-6-14(17)16-11-12-7-9-13(15)10-8-12/h7-10H,2-6,11H2,1H3,(H,16,17). The van der Waals surface area contributed by atoms with E-state index in [1.807, 2.05) is 24.3 Å². The SMILES string of the molecule is CCCCCCC(=O)NCc1ccc(Cl)cc1. The van der Waals surface area contributed by atoms with Crippen LogP contribution < -0.4 is 5.32 Å². The summed E-state index contributed by atoms with van der Waals surface area (Å²) in [5.74, 6) is 0.135. The molecule has 1 amide bonds. The number of benzene rings is 1. The molecule has 17 heavy (non-hydrogen) atoms. The molecular weight excluding hydrogens is 234 g/mol. The highest BCUT2D eigenvalue weighted by Crippen LogP contribution is 2.09. The molecule has 1 rings (SSSR count). The lowest BCUT2D eigenvalue weighted by atomic mass is 10.1. The van der Waals surface area contributed by atoms with Gasteiger partial charge in [-0.05, 0) is 24.1 Å². The highest BCUT2D eigenvalue weighted by atomic mass is 35.5. The zero-order valence-electron chi connectivity index (χ0n) is 10.3. The summed E-state index contributed by atoms with van der Waals surface area (Å²) in [5.41, 5.74) is 1.08. The molecule has 0 bridgehead atoms. The predicted octanol–water partition coefficient (Wildman–Crippen LogP) is 3.93. The van der Waals surface area contributed by atoms with Crippen molar-refractivity contribution >= 4 is 17.5 Å². The molecule has 0 unspecified atom stereocenters. The second-order valence-corrected chi connectivity index (χ2v) is 4.65. The Hall–Kier alpha value is -1.02. The maximum absolute atomic E-state index is 11.5. The Morgan fingerprint density at radius 2 is 1.88 bits per heavy atom. The van der Waals surface area contributed by atoms with Crippen LogP contribution in [0, 0.1) is 0 Å². The van der Waals surface area contributed by atoms with Gasteiger partial charge in [0.1, 0.15) is 0 Å². The van der Waals surface area contributed by atoms with Gasteiger partial charge < -0.3 is 5.32 Å². The minimum Gasteiger partial charge on any atom is -0.352 e. The number of unbranched alkanes of at least 4 members (excludes halogenated alkanes) is 3. The van der Waals surface area contributed by atoms with Gasteiger partial charge in [0, 0.05) is 18.0 Å². The average molecular weight is 254 g/mol. The van der Waals surface area contributed by atoms with Crippen LogP contribution >= 0.6 is 11.6 Å². The minimum atomic E-state index is 0.135. The van der Waals surface area contributed by atoms with E-state index in [-0.39, 0.29) is 5.91 Å². The van der Waals surface area contributed by atoms with Crippen LogP contribution in [0.15, 0.2) is 24.3 Å². The fraction of sp³-hybridized carbons (Fsp3) is 0.500. The van der Waals surface area contributed by atoms with Crippen molar-refractivity contribution in [1.82, 2.24) is 5.32 Å². The molecule has 0 aliphatic rings. The van der Waals surface area contributed by atoms with Crippen LogP contribution in [0.1, 0.15) is 44.6 Å². The van der Waals surface area contributed by atoms with E-state index in [0.717, 1.165) is 23.4 Å². The van der Waals surface area contributed by atoms with E-state index in [9.17, 15) is 4.79 Å². The van der Waals surface area contributed by atoms with E-state index < -0.39 is 0 Å². The lowest BCUT2D eigenvalue weighted by molar-refractivity contribution is -0.121. The van der Waals surface area contributed by atoms with Crippen molar-refractivity contribution < 1.29 is 4.79 Å². The van der Waals surface area contributed by atoms with Gasteiger partial charge in [-0.15, -0.1) is 0 Å². The first-order chi connectivity index (χ1) is 8.22. The molecule has 3 heteroatoms. The van der Waals surface area contributed by atoms with Crippen LogP contribution in [0.5, 0.6) is 0 Å². The van der Waals surface area contributed by atoms with Gasteiger partial charge in [0.25, 0.3) is 0 Å². The summed E-state index contributed by atoms with van der Waals surface area (Å²) in [4.78, 5) is 11.5. The molecule has 0 aliphatic heterocycles. The Balaban J connectivity index is 2.17. The number of nitrogens with one attached hydrogen (secondary N) is 1. The van der Waals surface area contributed by atoms with Crippen LogP contribution in [0.2, 0.25) is 5.02 Å². The summed E-state index contributed by atoms with van der Waals surface area (Å²) >= 11 is 5.79. The third-order valence-electron chi connectivity index (χ3n) is 2.66. The van der Waals surface area contributed by atoms with Gasteiger partial charge in [-0.25, -0.2) is 0 Å². The van der Waals surface area contributed by atoms with Gasteiger partial charge in [-0.2, -0.15) is 0 Å². The first-order valence-corrected chi connectivity index (χ1v) is 6.61. The van der Waals surface area contributed by atoms with Crippen molar-refractivity contribution in [3.8, 4) is 0 Å². The lowest BCUT2D eigenvalue weighted by Gasteiger charge is -2.05. The van der Waals surface area contributed by atoms with Crippen LogP contribution in [0.4, 0.5) is 0 Å². The molecule has 94 valence electrons. The van der Waals surface area contributed by atoms with Crippen LogP contribution in [0.25, 0.3) is 0 Å². The van der Waals surface area contributed by atoms with Gasteiger partial charge in [-0.1, -0.05) is 49.9 Å². The van der Waals surface area contributed by atoms with Gasteiger partial charge in [0.15, 0.2) is 0 Å². The maximum Gasteiger partial charge on any atom is 0.220 e. The third-order valence-corrected chi connectivity index (χ3v) is 2.91. The van der Waals surface area contributed by atoms with Gasteiger partial charge in [-0.3, -0.25) is 4.79 Å². The molecule has 0 aromatic heterocycles. The van der Waals surface area contributed by atoms with E-state index in [1.165, 1.54) is 12.8 Å². The molecule has 0 fully saturated rings. The zero-order valence-corrected chi connectivity index (χ0v) is 11.1. The number of carbonyl (C=O) groups is 1. The Kier molecular flexibility index (Phi) is 6.71. The monoisotopic (exact) mass is 253 g/mol. The van der Waals surface area contributed by atoms with E-state index in [2.05, 4.69) is 12.2 Å². The smallest absolute Gasteiger partial charge is 0.220 e. The summed E-state index contributed by atoms with van der Waals surface area (Å²) < 4.78 is 0. The van der Waals surface area contributed by atoms with Crippen molar-refractivity contribution in [2.45, 2.75) is 45.6 Å². The summed E-state index contributed by atoms with van der Waals surface area (Å²) in [6, 6.07) is 7.54. The molecular formula is C14H20ClNO. The van der Waals surface area contributed by atoms with Crippen molar-refractivity contribution in [2.75, 3.05) is 0 Å². The van der Waals surface area contributed by atoms with Crippen molar-refractivity contribution in [3.63, 3.8) is 0 Å². The van der Waals surface area contributed by atoms with Gasteiger partial charge >= 0.3 is 0 Å². The minimum absolute atomic E-state index is 0.135. The third kappa shape index (κ3) is 6.32. The lowest BCUT2D eigenvalue weighted by Crippen LogP contribution is -2.22. The molecule has 0 saturated carbocycles.